The summed E-state index contributed by atoms with van der Waals surface area (Å²) in [5.74, 6) is 0.659. The summed E-state index contributed by atoms with van der Waals surface area (Å²) in [5, 5.41) is 19.5. The predicted octanol–water partition coefficient (Wildman–Crippen LogP) is 2.38. The van der Waals surface area contributed by atoms with Crippen molar-refractivity contribution in [3.8, 4) is 11.8 Å². The molecule has 0 fully saturated rings. The highest BCUT2D eigenvalue weighted by Crippen LogP contribution is 2.33. The molecule has 0 amide bonds. The monoisotopic (exact) mass is 350 g/mol. The molecule has 0 saturated heterocycles. The molecule has 0 aliphatic rings. The van der Waals surface area contributed by atoms with E-state index in [1.54, 1.807) is 6.07 Å². The van der Waals surface area contributed by atoms with Gasteiger partial charge in [0.25, 0.3) is 0 Å². The average Bonchev–Trinajstić information content (AvgIpc) is 2.26. The van der Waals surface area contributed by atoms with Gasteiger partial charge in [-0.15, -0.1) is 0 Å². The Bertz CT molecular complexity index is 459. The number of hydrogen-bond acceptors (Lipinski definition) is 5. The lowest BCUT2D eigenvalue weighted by atomic mass is 10.2. The van der Waals surface area contributed by atoms with Crippen LogP contribution in [0.5, 0.6) is 5.75 Å². The molecule has 0 N–H and O–H groups in total. The maximum Gasteiger partial charge on any atom is 0.313 e. The summed E-state index contributed by atoms with van der Waals surface area (Å²) in [4.78, 5) is 10.2. The van der Waals surface area contributed by atoms with Gasteiger partial charge in [0.15, 0.2) is 0 Å². The highest BCUT2D eigenvalue weighted by Gasteiger charge is 2.20. The zero-order valence-corrected chi connectivity index (χ0v) is 11.1. The normalized spacial score (nSPS) is 9.56. The van der Waals surface area contributed by atoms with E-state index in [1.165, 1.54) is 6.07 Å². The van der Waals surface area contributed by atoms with E-state index in [1.807, 2.05) is 28.7 Å². The standard InChI is InChI=1S/C9H7IN2O3S/c10-7-3-6(5-11)4-8(12(13)14)9(7)15-1-2-16/h3-4,16H,1-2H2. The summed E-state index contributed by atoms with van der Waals surface area (Å²) in [5.41, 5.74) is 0.0551. The smallest absolute Gasteiger partial charge is 0.313 e. The van der Waals surface area contributed by atoms with Gasteiger partial charge >= 0.3 is 5.69 Å². The molecule has 1 rings (SSSR count). The fourth-order valence-corrected chi connectivity index (χ4v) is 1.93. The van der Waals surface area contributed by atoms with Crippen LogP contribution in [0.15, 0.2) is 12.1 Å². The molecule has 0 aliphatic carbocycles. The molecule has 0 bridgehead atoms. The lowest BCUT2D eigenvalue weighted by Gasteiger charge is -2.07. The topological polar surface area (TPSA) is 76.2 Å². The molecule has 0 heterocycles. The number of halogens is 1. The van der Waals surface area contributed by atoms with Crippen molar-refractivity contribution in [1.82, 2.24) is 0 Å². The number of benzene rings is 1. The minimum atomic E-state index is -0.559. The number of rotatable bonds is 4. The van der Waals surface area contributed by atoms with Crippen LogP contribution in [-0.4, -0.2) is 17.3 Å². The van der Waals surface area contributed by atoms with Gasteiger partial charge in [0.05, 0.1) is 26.7 Å². The van der Waals surface area contributed by atoms with Gasteiger partial charge < -0.3 is 4.74 Å². The first-order valence-corrected chi connectivity index (χ1v) is 5.93. The molecular formula is C9H7IN2O3S. The molecule has 0 unspecified atom stereocenters. The van der Waals surface area contributed by atoms with Crippen LogP contribution in [0.25, 0.3) is 0 Å². The molecule has 84 valence electrons. The maximum atomic E-state index is 10.8. The summed E-state index contributed by atoms with van der Waals surface area (Å²) in [7, 11) is 0. The largest absolute Gasteiger partial charge is 0.485 e. The Labute approximate surface area is 111 Å². The Hall–Kier alpha value is -1.01. The first-order chi connectivity index (χ1) is 7.60. The summed E-state index contributed by atoms with van der Waals surface area (Å²) >= 11 is 5.86. The van der Waals surface area contributed by atoms with E-state index in [4.69, 9.17) is 10.00 Å². The second-order valence-corrected chi connectivity index (χ2v) is 4.36. The zero-order valence-electron chi connectivity index (χ0n) is 8.01. The molecule has 16 heavy (non-hydrogen) atoms. The Kier molecular flexibility index (Phi) is 4.82. The molecular weight excluding hydrogens is 343 g/mol. The predicted molar refractivity (Wildman–Crippen MR) is 69.9 cm³/mol. The fourth-order valence-electron chi connectivity index (χ4n) is 1.07. The van der Waals surface area contributed by atoms with E-state index in [2.05, 4.69) is 12.6 Å². The number of ether oxygens (including phenoxy) is 1. The number of nitro benzene ring substituents is 1. The SMILES string of the molecule is N#Cc1cc(I)c(OCCS)c([N+](=O)[O-])c1. The van der Waals surface area contributed by atoms with Crippen molar-refractivity contribution in [2.45, 2.75) is 0 Å². The first kappa shape index (κ1) is 13.1. The summed E-state index contributed by atoms with van der Waals surface area (Å²) in [6, 6.07) is 4.61. The van der Waals surface area contributed by atoms with Gasteiger partial charge in [0.1, 0.15) is 0 Å². The molecule has 0 saturated carbocycles. The molecule has 7 heteroatoms. The third kappa shape index (κ3) is 2.99. The van der Waals surface area contributed by atoms with Crippen molar-refractivity contribution in [3.05, 3.63) is 31.4 Å². The van der Waals surface area contributed by atoms with Crippen molar-refractivity contribution in [2.75, 3.05) is 12.4 Å². The molecule has 5 nitrogen and oxygen atoms in total. The van der Waals surface area contributed by atoms with E-state index < -0.39 is 4.92 Å². The number of hydrogen-bond donors (Lipinski definition) is 1. The first-order valence-electron chi connectivity index (χ1n) is 4.22. The minimum Gasteiger partial charge on any atom is -0.485 e. The Morgan fingerprint density at radius 3 is 2.81 bits per heavy atom. The number of thiol groups is 1. The van der Waals surface area contributed by atoms with Gasteiger partial charge in [0.2, 0.25) is 5.75 Å². The van der Waals surface area contributed by atoms with E-state index >= 15 is 0 Å². The van der Waals surface area contributed by atoms with E-state index in [-0.39, 0.29) is 23.6 Å². The van der Waals surface area contributed by atoms with Crippen LogP contribution >= 0.6 is 35.2 Å². The Morgan fingerprint density at radius 2 is 2.31 bits per heavy atom. The van der Waals surface area contributed by atoms with Crippen LogP contribution in [0.2, 0.25) is 0 Å². The van der Waals surface area contributed by atoms with Crippen molar-refractivity contribution < 1.29 is 9.66 Å². The quantitative estimate of drug-likeness (QED) is 0.392. The second kappa shape index (κ2) is 5.91. The van der Waals surface area contributed by atoms with Gasteiger partial charge in [-0.2, -0.15) is 17.9 Å². The van der Waals surface area contributed by atoms with Crippen LogP contribution in [0.1, 0.15) is 5.56 Å². The van der Waals surface area contributed by atoms with E-state index in [0.717, 1.165) is 0 Å². The third-order valence-electron chi connectivity index (χ3n) is 1.69. The summed E-state index contributed by atoms with van der Waals surface area (Å²) in [6.07, 6.45) is 0. The zero-order chi connectivity index (χ0) is 12.1. The fraction of sp³-hybridized carbons (Fsp3) is 0.222. The van der Waals surface area contributed by atoms with Gasteiger partial charge in [0, 0.05) is 11.8 Å². The van der Waals surface area contributed by atoms with E-state index in [0.29, 0.717) is 9.32 Å². The van der Waals surface area contributed by atoms with Gasteiger partial charge in [-0.1, -0.05) is 0 Å². The van der Waals surface area contributed by atoms with Crippen molar-refractivity contribution in [2.24, 2.45) is 0 Å². The molecule has 1 aromatic rings. The van der Waals surface area contributed by atoms with Crippen LogP contribution in [0.3, 0.4) is 0 Å². The van der Waals surface area contributed by atoms with Crippen LogP contribution in [0, 0.1) is 25.0 Å². The van der Waals surface area contributed by atoms with Crippen LogP contribution < -0.4 is 4.74 Å². The average molecular weight is 350 g/mol. The maximum absolute atomic E-state index is 10.8. The van der Waals surface area contributed by atoms with Crippen LogP contribution in [-0.2, 0) is 0 Å². The highest BCUT2D eigenvalue weighted by atomic mass is 127. The van der Waals surface area contributed by atoms with Crippen molar-refractivity contribution >= 4 is 40.9 Å². The Balaban J connectivity index is 3.24. The molecule has 0 aliphatic heterocycles. The molecule has 1 aromatic carbocycles. The van der Waals surface area contributed by atoms with Gasteiger partial charge in [-0.05, 0) is 28.7 Å². The summed E-state index contributed by atoms with van der Waals surface area (Å²) in [6.45, 7) is 0.284. The molecule has 0 radical (unpaired) electrons. The minimum absolute atomic E-state index is 0.190. The Morgan fingerprint density at radius 1 is 1.62 bits per heavy atom. The van der Waals surface area contributed by atoms with Crippen molar-refractivity contribution in [1.29, 1.82) is 5.26 Å². The van der Waals surface area contributed by atoms with Gasteiger partial charge in [-0.25, -0.2) is 0 Å². The number of nitro groups is 1. The lowest BCUT2D eigenvalue weighted by molar-refractivity contribution is -0.386. The lowest BCUT2D eigenvalue weighted by Crippen LogP contribution is -2.03. The number of nitrogens with zero attached hydrogens (tertiary/aromatic N) is 2. The van der Waals surface area contributed by atoms with Gasteiger partial charge in [-0.3, -0.25) is 10.1 Å². The summed E-state index contributed by atoms with van der Waals surface area (Å²) < 4.78 is 5.79. The molecule has 0 atom stereocenters. The van der Waals surface area contributed by atoms with E-state index in [9.17, 15) is 10.1 Å². The molecule has 0 aromatic heterocycles. The van der Waals surface area contributed by atoms with Crippen LogP contribution in [0.4, 0.5) is 5.69 Å². The second-order valence-electron chi connectivity index (χ2n) is 2.75. The van der Waals surface area contributed by atoms with Crippen molar-refractivity contribution in [3.63, 3.8) is 0 Å². The highest BCUT2D eigenvalue weighted by molar-refractivity contribution is 14.1. The number of nitriles is 1. The third-order valence-corrected chi connectivity index (χ3v) is 2.67. The molecule has 0 spiro atoms.